The lowest BCUT2D eigenvalue weighted by Crippen LogP contribution is -2.06. The Kier molecular flexibility index (Phi) is 6.84. The number of hydrogen-bond acceptors (Lipinski definition) is 1. The van der Waals surface area contributed by atoms with Gasteiger partial charge in [-0.25, -0.2) is 0 Å². The van der Waals surface area contributed by atoms with Crippen LogP contribution in [0.25, 0.3) is 0 Å². The van der Waals surface area contributed by atoms with E-state index in [1.54, 1.807) is 7.11 Å². The SMILES string of the molecule is CC/C=C\CC(CCC)c1c(C)cc(OC)c(C)c1C. The van der Waals surface area contributed by atoms with E-state index in [1.807, 2.05) is 0 Å². The van der Waals surface area contributed by atoms with Gasteiger partial charge in [0.05, 0.1) is 7.11 Å². The van der Waals surface area contributed by atoms with Crippen molar-refractivity contribution in [3.8, 4) is 5.75 Å². The monoisotopic (exact) mass is 274 g/mol. The van der Waals surface area contributed by atoms with E-state index in [9.17, 15) is 0 Å². The summed E-state index contributed by atoms with van der Waals surface area (Å²) >= 11 is 0. The molecule has 0 fully saturated rings. The van der Waals surface area contributed by atoms with Gasteiger partial charge in [-0.3, -0.25) is 0 Å². The molecule has 0 aliphatic rings. The van der Waals surface area contributed by atoms with Crippen LogP contribution in [-0.2, 0) is 0 Å². The summed E-state index contributed by atoms with van der Waals surface area (Å²) in [5, 5.41) is 0. The van der Waals surface area contributed by atoms with Crippen molar-refractivity contribution in [1.29, 1.82) is 0 Å². The molecule has 1 nitrogen and oxygen atoms in total. The average Bonchev–Trinajstić information content (AvgIpc) is 2.43. The van der Waals surface area contributed by atoms with E-state index in [4.69, 9.17) is 4.74 Å². The normalized spacial score (nSPS) is 12.9. The highest BCUT2D eigenvalue weighted by Gasteiger charge is 2.18. The van der Waals surface area contributed by atoms with Crippen molar-refractivity contribution in [2.75, 3.05) is 7.11 Å². The highest BCUT2D eigenvalue weighted by Crippen LogP contribution is 2.36. The van der Waals surface area contributed by atoms with E-state index in [2.05, 4.69) is 52.8 Å². The van der Waals surface area contributed by atoms with Crippen molar-refractivity contribution in [2.45, 2.75) is 66.2 Å². The van der Waals surface area contributed by atoms with Crippen molar-refractivity contribution in [1.82, 2.24) is 0 Å². The topological polar surface area (TPSA) is 9.23 Å². The minimum atomic E-state index is 0.632. The van der Waals surface area contributed by atoms with E-state index in [-0.39, 0.29) is 0 Å². The molecule has 1 heteroatoms. The van der Waals surface area contributed by atoms with Crippen molar-refractivity contribution in [3.05, 3.63) is 40.5 Å². The van der Waals surface area contributed by atoms with E-state index in [0.29, 0.717) is 5.92 Å². The third-order valence-corrected chi connectivity index (χ3v) is 4.20. The number of methoxy groups -OCH3 is 1. The molecule has 0 aromatic heterocycles. The van der Waals surface area contributed by atoms with Crippen molar-refractivity contribution < 1.29 is 4.74 Å². The molecule has 1 aromatic carbocycles. The Labute approximate surface area is 125 Å². The molecule has 1 aromatic rings. The second-order valence-electron chi connectivity index (χ2n) is 5.66. The zero-order chi connectivity index (χ0) is 15.1. The minimum absolute atomic E-state index is 0.632. The van der Waals surface area contributed by atoms with E-state index in [1.165, 1.54) is 35.1 Å². The molecule has 0 aliphatic carbocycles. The van der Waals surface area contributed by atoms with Crippen molar-refractivity contribution in [3.63, 3.8) is 0 Å². The van der Waals surface area contributed by atoms with Gasteiger partial charge in [0.2, 0.25) is 0 Å². The van der Waals surface area contributed by atoms with Crippen LogP contribution in [0.2, 0.25) is 0 Å². The van der Waals surface area contributed by atoms with Crippen LogP contribution in [0.1, 0.15) is 67.7 Å². The van der Waals surface area contributed by atoms with Gasteiger partial charge in [-0.15, -0.1) is 0 Å². The van der Waals surface area contributed by atoms with Gasteiger partial charge in [-0.05, 0) is 74.3 Å². The van der Waals surface area contributed by atoms with Crippen LogP contribution in [0.3, 0.4) is 0 Å². The maximum Gasteiger partial charge on any atom is 0.122 e. The zero-order valence-electron chi connectivity index (χ0n) is 14.0. The van der Waals surface area contributed by atoms with Gasteiger partial charge in [-0.2, -0.15) is 0 Å². The smallest absolute Gasteiger partial charge is 0.122 e. The van der Waals surface area contributed by atoms with Crippen LogP contribution >= 0.6 is 0 Å². The highest BCUT2D eigenvalue weighted by molar-refractivity contribution is 5.49. The summed E-state index contributed by atoms with van der Waals surface area (Å²) in [6.07, 6.45) is 9.38. The lowest BCUT2D eigenvalue weighted by Gasteiger charge is -2.23. The van der Waals surface area contributed by atoms with Crippen LogP contribution in [0.4, 0.5) is 0 Å². The molecule has 0 N–H and O–H groups in total. The number of allylic oxidation sites excluding steroid dienone is 2. The number of aryl methyl sites for hydroxylation is 1. The molecular weight excluding hydrogens is 244 g/mol. The molecular formula is C19H30O. The Morgan fingerprint density at radius 3 is 2.35 bits per heavy atom. The molecule has 112 valence electrons. The minimum Gasteiger partial charge on any atom is -0.496 e. The quantitative estimate of drug-likeness (QED) is 0.566. The fourth-order valence-electron chi connectivity index (χ4n) is 3.06. The standard InChI is InChI=1S/C19H30O/c1-7-9-10-12-17(11-8-2)19-14(3)13-18(20-6)15(4)16(19)5/h9-10,13,17H,7-8,11-12H2,1-6H3/b10-9-. The molecule has 1 rings (SSSR count). The first-order valence-corrected chi connectivity index (χ1v) is 7.86. The maximum atomic E-state index is 5.49. The second-order valence-corrected chi connectivity index (χ2v) is 5.66. The molecule has 0 amide bonds. The fourth-order valence-corrected chi connectivity index (χ4v) is 3.06. The third kappa shape index (κ3) is 3.88. The predicted octanol–water partition coefficient (Wildman–Crippen LogP) is 5.86. The lowest BCUT2D eigenvalue weighted by molar-refractivity contribution is 0.410. The molecule has 0 radical (unpaired) electrons. The summed E-state index contributed by atoms with van der Waals surface area (Å²) in [6.45, 7) is 11.1. The first-order chi connectivity index (χ1) is 9.56. The van der Waals surface area contributed by atoms with Gasteiger partial charge in [0.15, 0.2) is 0 Å². The second kappa shape index (κ2) is 8.14. The number of benzene rings is 1. The van der Waals surface area contributed by atoms with Crippen LogP contribution in [0.15, 0.2) is 18.2 Å². The number of ether oxygens (including phenoxy) is 1. The Balaban J connectivity index is 3.18. The number of rotatable bonds is 7. The maximum absolute atomic E-state index is 5.49. The van der Waals surface area contributed by atoms with Crippen molar-refractivity contribution in [2.24, 2.45) is 0 Å². The summed E-state index contributed by atoms with van der Waals surface area (Å²) in [5.74, 6) is 1.65. The largest absolute Gasteiger partial charge is 0.496 e. The van der Waals surface area contributed by atoms with Gasteiger partial charge in [0.25, 0.3) is 0 Å². The third-order valence-electron chi connectivity index (χ3n) is 4.20. The van der Waals surface area contributed by atoms with Gasteiger partial charge in [0, 0.05) is 0 Å². The van der Waals surface area contributed by atoms with Gasteiger partial charge in [0.1, 0.15) is 5.75 Å². The summed E-state index contributed by atoms with van der Waals surface area (Å²) < 4.78 is 5.49. The average molecular weight is 274 g/mol. The van der Waals surface area contributed by atoms with Crippen molar-refractivity contribution >= 4 is 0 Å². The molecule has 0 saturated carbocycles. The van der Waals surface area contributed by atoms with E-state index >= 15 is 0 Å². The Bertz CT molecular complexity index is 457. The summed E-state index contributed by atoms with van der Waals surface area (Å²) in [5.41, 5.74) is 5.60. The Morgan fingerprint density at radius 1 is 1.10 bits per heavy atom. The first-order valence-electron chi connectivity index (χ1n) is 7.86. The van der Waals surface area contributed by atoms with Crippen LogP contribution in [-0.4, -0.2) is 7.11 Å². The van der Waals surface area contributed by atoms with Gasteiger partial charge in [-0.1, -0.05) is 32.4 Å². The lowest BCUT2D eigenvalue weighted by atomic mass is 9.83. The van der Waals surface area contributed by atoms with Crippen LogP contribution in [0.5, 0.6) is 5.75 Å². The molecule has 20 heavy (non-hydrogen) atoms. The molecule has 0 aliphatic heterocycles. The van der Waals surface area contributed by atoms with Crippen LogP contribution in [0, 0.1) is 20.8 Å². The summed E-state index contributed by atoms with van der Waals surface area (Å²) in [7, 11) is 1.76. The molecule has 0 bridgehead atoms. The molecule has 0 heterocycles. The van der Waals surface area contributed by atoms with Gasteiger partial charge < -0.3 is 4.74 Å². The number of hydrogen-bond donors (Lipinski definition) is 0. The summed E-state index contributed by atoms with van der Waals surface area (Å²) in [4.78, 5) is 0. The zero-order valence-corrected chi connectivity index (χ0v) is 14.0. The van der Waals surface area contributed by atoms with E-state index in [0.717, 1.165) is 18.6 Å². The fraction of sp³-hybridized carbons (Fsp3) is 0.579. The summed E-state index contributed by atoms with van der Waals surface area (Å²) in [6, 6.07) is 2.20. The Hall–Kier alpha value is -1.24. The molecule has 0 spiro atoms. The molecule has 1 atom stereocenters. The molecule has 0 saturated heterocycles. The van der Waals surface area contributed by atoms with Gasteiger partial charge >= 0.3 is 0 Å². The van der Waals surface area contributed by atoms with Crippen LogP contribution < -0.4 is 4.74 Å². The van der Waals surface area contributed by atoms with E-state index < -0.39 is 0 Å². The highest BCUT2D eigenvalue weighted by atomic mass is 16.5. The Morgan fingerprint density at radius 2 is 1.80 bits per heavy atom. The molecule has 1 unspecified atom stereocenters. The first kappa shape index (κ1) is 16.8. The predicted molar refractivity (Wildman–Crippen MR) is 88.9 cm³/mol.